The molecule has 7 rings (SSSR count). The molecule has 2 aromatic carbocycles. The van der Waals surface area contributed by atoms with Crippen molar-refractivity contribution in [3.05, 3.63) is 72.3 Å². The summed E-state index contributed by atoms with van der Waals surface area (Å²) in [6.45, 7) is 1.35. The second kappa shape index (κ2) is 9.23. The molecule has 2 fully saturated rings. The van der Waals surface area contributed by atoms with E-state index < -0.39 is 0 Å². The fourth-order valence-electron chi connectivity index (χ4n) is 5.43. The third-order valence-electron chi connectivity index (χ3n) is 7.34. The quantitative estimate of drug-likeness (QED) is 0.318. The topological polar surface area (TPSA) is 82.7 Å². The fourth-order valence-corrected chi connectivity index (χ4v) is 5.43. The summed E-state index contributed by atoms with van der Waals surface area (Å²) >= 11 is 0. The van der Waals surface area contributed by atoms with E-state index in [1.807, 2.05) is 34.9 Å². The first-order valence-electron chi connectivity index (χ1n) is 13.1. The van der Waals surface area contributed by atoms with E-state index in [9.17, 15) is 4.39 Å². The molecule has 8 nitrogen and oxygen atoms in total. The molecule has 1 aliphatic carbocycles. The number of halogens is 1. The van der Waals surface area contributed by atoms with Gasteiger partial charge in [0.1, 0.15) is 24.2 Å². The minimum atomic E-state index is -0.141. The smallest absolute Gasteiger partial charge is 0.167 e. The number of hydrogen-bond donors (Lipinski definition) is 1. The van der Waals surface area contributed by atoms with Gasteiger partial charge in [0.25, 0.3) is 0 Å². The number of anilines is 1. The number of nitrogens with one attached hydrogen (secondary N) is 1. The van der Waals surface area contributed by atoms with Crippen LogP contribution in [-0.4, -0.2) is 42.2 Å². The first kappa shape index (κ1) is 22.4. The molecular weight excluding hydrogens is 469 g/mol. The SMILES string of the molecule is Fc1ccc2nc(CCNc3ncnc4c3ncn4[C@@H]3CCCCO3)n(-c3ccccc3)c2c1C1CC1. The number of para-hydroxylation sites is 1. The lowest BCUT2D eigenvalue weighted by Crippen LogP contribution is -2.17. The third-order valence-corrected chi connectivity index (χ3v) is 7.34. The maximum atomic E-state index is 15.0. The van der Waals surface area contributed by atoms with Crippen LogP contribution < -0.4 is 5.32 Å². The lowest BCUT2D eigenvalue weighted by atomic mass is 10.1. The first-order chi connectivity index (χ1) is 18.3. The summed E-state index contributed by atoms with van der Waals surface area (Å²) < 4.78 is 25.1. The Morgan fingerprint density at radius 3 is 2.70 bits per heavy atom. The summed E-state index contributed by atoms with van der Waals surface area (Å²) in [6.07, 6.45) is 9.18. The molecule has 0 bridgehead atoms. The summed E-state index contributed by atoms with van der Waals surface area (Å²) in [5.74, 6) is 1.70. The maximum Gasteiger partial charge on any atom is 0.167 e. The highest BCUT2D eigenvalue weighted by atomic mass is 19.1. The van der Waals surface area contributed by atoms with Crippen molar-refractivity contribution >= 4 is 28.0 Å². The number of hydrogen-bond acceptors (Lipinski definition) is 6. The van der Waals surface area contributed by atoms with Gasteiger partial charge in [-0.25, -0.2) is 24.3 Å². The minimum Gasteiger partial charge on any atom is -0.368 e. The Morgan fingerprint density at radius 2 is 1.89 bits per heavy atom. The molecule has 9 heteroatoms. The zero-order valence-electron chi connectivity index (χ0n) is 20.5. The molecule has 5 aromatic rings. The Morgan fingerprint density at radius 1 is 1.00 bits per heavy atom. The molecule has 1 saturated carbocycles. The van der Waals surface area contributed by atoms with Crippen LogP contribution in [0, 0.1) is 5.82 Å². The van der Waals surface area contributed by atoms with Crippen LogP contribution in [0.4, 0.5) is 10.2 Å². The van der Waals surface area contributed by atoms with Crippen LogP contribution in [0.3, 0.4) is 0 Å². The Hall–Kier alpha value is -3.85. The van der Waals surface area contributed by atoms with Gasteiger partial charge in [0.05, 0.1) is 17.4 Å². The zero-order valence-corrected chi connectivity index (χ0v) is 20.5. The van der Waals surface area contributed by atoms with E-state index in [1.165, 1.54) is 0 Å². The van der Waals surface area contributed by atoms with Gasteiger partial charge in [-0.05, 0) is 62.3 Å². The van der Waals surface area contributed by atoms with Crippen molar-refractivity contribution < 1.29 is 9.13 Å². The van der Waals surface area contributed by atoms with Gasteiger partial charge in [0.2, 0.25) is 0 Å². The molecule has 0 amide bonds. The van der Waals surface area contributed by atoms with Crippen LogP contribution >= 0.6 is 0 Å². The molecule has 37 heavy (non-hydrogen) atoms. The standard InChI is InChI=1S/C28H28FN7O/c29-20-11-12-21-26(24(20)18-9-10-18)36(19-6-2-1-3-7-19)22(34-21)13-14-30-27-25-28(32-16-31-27)35(17-33-25)23-8-4-5-15-37-23/h1-3,6-7,11-12,16-18,23H,4-5,8-10,13-15H2,(H,30,31,32)/t23-/m0/s1. The van der Waals surface area contributed by atoms with Crippen molar-refractivity contribution in [2.75, 3.05) is 18.5 Å². The first-order valence-corrected chi connectivity index (χ1v) is 13.1. The minimum absolute atomic E-state index is 0.0339. The highest BCUT2D eigenvalue weighted by Gasteiger charge is 2.31. The van der Waals surface area contributed by atoms with Crippen LogP contribution in [0.15, 0.2) is 55.1 Å². The average molecular weight is 498 g/mol. The van der Waals surface area contributed by atoms with Crippen molar-refractivity contribution in [1.29, 1.82) is 0 Å². The number of aromatic nitrogens is 6. The van der Waals surface area contributed by atoms with Crippen molar-refractivity contribution in [1.82, 2.24) is 29.1 Å². The number of imidazole rings is 2. The van der Waals surface area contributed by atoms with Crippen LogP contribution in [0.2, 0.25) is 0 Å². The lowest BCUT2D eigenvalue weighted by molar-refractivity contribution is -0.0298. The van der Waals surface area contributed by atoms with Crippen LogP contribution in [0.5, 0.6) is 0 Å². The van der Waals surface area contributed by atoms with Crippen molar-refractivity contribution in [2.45, 2.75) is 50.7 Å². The van der Waals surface area contributed by atoms with Crippen LogP contribution in [0.25, 0.3) is 27.9 Å². The molecule has 1 N–H and O–H groups in total. The van der Waals surface area contributed by atoms with Gasteiger partial charge in [-0.15, -0.1) is 0 Å². The molecule has 3 aromatic heterocycles. The molecule has 2 aliphatic rings. The largest absolute Gasteiger partial charge is 0.368 e. The van der Waals surface area contributed by atoms with E-state index >= 15 is 0 Å². The van der Waals surface area contributed by atoms with Gasteiger partial charge >= 0.3 is 0 Å². The third kappa shape index (κ3) is 4.03. The zero-order chi connectivity index (χ0) is 24.8. The number of ether oxygens (including phenoxy) is 1. The van der Waals surface area contributed by atoms with Gasteiger partial charge in [0.15, 0.2) is 17.0 Å². The summed E-state index contributed by atoms with van der Waals surface area (Å²) in [5.41, 5.74) is 5.00. The number of benzene rings is 2. The van der Waals surface area contributed by atoms with Gasteiger partial charge in [-0.1, -0.05) is 18.2 Å². The highest BCUT2D eigenvalue weighted by molar-refractivity contribution is 5.84. The van der Waals surface area contributed by atoms with E-state index in [0.29, 0.717) is 18.8 Å². The molecule has 4 heterocycles. The average Bonchev–Trinajstić information content (AvgIpc) is 3.57. The predicted molar refractivity (Wildman–Crippen MR) is 139 cm³/mol. The van der Waals surface area contributed by atoms with Crippen molar-refractivity contribution in [3.8, 4) is 5.69 Å². The molecule has 0 spiro atoms. The van der Waals surface area contributed by atoms with Gasteiger partial charge < -0.3 is 10.1 Å². The molecule has 188 valence electrons. The monoisotopic (exact) mass is 497 g/mol. The Balaban J connectivity index is 1.20. The molecule has 0 radical (unpaired) electrons. The molecule has 1 aliphatic heterocycles. The highest BCUT2D eigenvalue weighted by Crippen LogP contribution is 2.45. The Labute approximate surface area is 213 Å². The van der Waals surface area contributed by atoms with E-state index in [2.05, 4.69) is 24.8 Å². The predicted octanol–water partition coefficient (Wildman–Crippen LogP) is 5.54. The molecule has 0 unspecified atom stereocenters. The number of fused-ring (bicyclic) bond motifs is 2. The number of rotatable bonds is 7. The fraction of sp³-hybridized carbons (Fsp3) is 0.357. The van der Waals surface area contributed by atoms with Gasteiger partial charge in [-0.3, -0.25) is 9.13 Å². The van der Waals surface area contributed by atoms with Crippen molar-refractivity contribution in [3.63, 3.8) is 0 Å². The van der Waals surface area contributed by atoms with Gasteiger partial charge in [0, 0.05) is 30.8 Å². The van der Waals surface area contributed by atoms with Crippen LogP contribution in [-0.2, 0) is 11.2 Å². The molecular formula is C28H28FN7O. The second-order valence-corrected chi connectivity index (χ2v) is 9.85. The summed E-state index contributed by atoms with van der Waals surface area (Å²) in [5, 5.41) is 3.44. The van der Waals surface area contributed by atoms with E-state index in [4.69, 9.17) is 9.72 Å². The molecule has 1 atom stereocenters. The Bertz CT molecular complexity index is 1570. The van der Waals surface area contributed by atoms with E-state index in [-0.39, 0.29) is 18.0 Å². The van der Waals surface area contributed by atoms with E-state index in [1.54, 1.807) is 24.8 Å². The van der Waals surface area contributed by atoms with Gasteiger partial charge in [-0.2, -0.15) is 0 Å². The lowest BCUT2D eigenvalue weighted by Gasteiger charge is -2.23. The van der Waals surface area contributed by atoms with Crippen molar-refractivity contribution in [2.24, 2.45) is 0 Å². The molecule has 1 saturated heterocycles. The number of nitrogens with zero attached hydrogens (tertiary/aromatic N) is 6. The summed E-state index contributed by atoms with van der Waals surface area (Å²) in [7, 11) is 0. The Kier molecular flexibility index (Phi) is 5.57. The summed E-state index contributed by atoms with van der Waals surface area (Å²) in [4.78, 5) is 18.5. The van der Waals surface area contributed by atoms with Crippen LogP contribution in [0.1, 0.15) is 55.6 Å². The maximum absolute atomic E-state index is 15.0. The van der Waals surface area contributed by atoms with E-state index in [0.717, 1.165) is 78.0 Å². The second-order valence-electron chi connectivity index (χ2n) is 9.85. The normalized spacial score (nSPS) is 18.0. The summed E-state index contributed by atoms with van der Waals surface area (Å²) in [6, 6.07) is 13.4.